The number of halogens is 2. The van der Waals surface area contributed by atoms with Gasteiger partial charge in [0.15, 0.2) is 6.16 Å². The van der Waals surface area contributed by atoms with E-state index < -0.39 is 7.94 Å². The van der Waals surface area contributed by atoms with Crippen LogP contribution in [0.1, 0.15) is 0 Å². The molecule has 0 saturated heterocycles. The van der Waals surface area contributed by atoms with Gasteiger partial charge in [0.1, 0.15) is 0 Å². The lowest BCUT2D eigenvalue weighted by atomic mass is 10.8. The molecule has 0 bridgehead atoms. The molecule has 0 atom stereocenters. The van der Waals surface area contributed by atoms with Crippen LogP contribution in [0.3, 0.4) is 0 Å². The summed E-state index contributed by atoms with van der Waals surface area (Å²) >= 11 is 0. The first-order chi connectivity index (χ1) is 3.06. The van der Waals surface area contributed by atoms with Crippen LogP contribution in [0, 0.1) is 0 Å². The predicted molar refractivity (Wildman–Crippen MR) is 43.1 cm³/mol. The van der Waals surface area contributed by atoms with Crippen molar-refractivity contribution in [1.29, 1.82) is 0 Å². The molecule has 0 unspecified atom stereocenters. The Morgan fingerprint density at radius 3 is 1.56 bits per heavy atom. The van der Waals surface area contributed by atoms with Gasteiger partial charge in [0.05, 0.1) is 0 Å². The minimum atomic E-state index is -3.53. The number of rotatable bonds is 2. The van der Waals surface area contributed by atoms with Gasteiger partial charge in [-0.05, 0) is 6.08 Å². The summed E-state index contributed by atoms with van der Waals surface area (Å²) in [5.41, 5.74) is 0. The van der Waals surface area contributed by atoms with Gasteiger partial charge in [-0.2, -0.15) is 14.7 Å². The fourth-order valence-corrected chi connectivity index (χ4v) is 0.520. The number of hydrogen-bond acceptors (Lipinski definition) is 3. The average Bonchev–Trinajstić information content (AvgIpc) is 1.30. The van der Waals surface area contributed by atoms with E-state index in [-0.39, 0.29) is 31.0 Å². The topological polar surface area (TPSA) is 60.7 Å². The van der Waals surface area contributed by atoms with Crippen LogP contribution in [0.5, 0.6) is 0 Å². The lowest BCUT2D eigenvalue weighted by Gasteiger charge is -1.96. The molecule has 0 aliphatic carbocycles. The molecule has 0 fully saturated rings. The van der Waals surface area contributed by atoms with Crippen molar-refractivity contribution in [3.05, 3.63) is 12.7 Å². The summed E-state index contributed by atoms with van der Waals surface area (Å²) in [4.78, 5) is 24.5. The van der Waals surface area contributed by atoms with Gasteiger partial charge < -0.3 is 0 Å². The van der Waals surface area contributed by atoms with Gasteiger partial charge in [-0.15, -0.1) is 24.8 Å². The smallest absolute Gasteiger partial charge is 0.193 e. The van der Waals surface area contributed by atoms with Crippen LogP contribution in [0.2, 0.25) is 0 Å². The summed E-state index contributed by atoms with van der Waals surface area (Å²) in [7, 11) is -3.53. The summed E-state index contributed by atoms with van der Waals surface area (Å²) in [6.07, 6.45) is 1.14. The highest BCUT2D eigenvalue weighted by Crippen LogP contribution is 2.43. The molecule has 3 N–H and O–H groups in total. The van der Waals surface area contributed by atoms with E-state index in [0.29, 0.717) is 0 Å². The van der Waals surface area contributed by atoms with Crippen LogP contribution in [-0.2, 0) is 0 Å². The van der Waals surface area contributed by atoms with Crippen molar-refractivity contribution < 1.29 is 14.7 Å². The van der Waals surface area contributed by atoms with E-state index in [0.717, 1.165) is 0 Å². The zero-order valence-corrected chi connectivity index (χ0v) is 7.12. The van der Waals surface area contributed by atoms with Crippen LogP contribution in [0.15, 0.2) is 12.7 Å². The molecule has 0 aromatic carbocycles. The zero-order chi connectivity index (χ0) is 5.91. The molecule has 9 heavy (non-hydrogen) atoms. The molecule has 0 aliphatic heterocycles. The number of allylic oxidation sites excluding steroid dienone is 1. The van der Waals surface area contributed by atoms with Crippen LogP contribution in [0.4, 0.5) is 0 Å². The van der Waals surface area contributed by atoms with Gasteiger partial charge in [-0.1, -0.05) is 6.58 Å². The normalized spacial score (nSPS) is 8.78. The highest BCUT2D eigenvalue weighted by Gasteiger charge is 2.26. The Kier molecular flexibility index (Phi) is 12.2. The fourth-order valence-electron chi connectivity index (χ4n) is 0.173. The lowest BCUT2D eigenvalue weighted by Crippen LogP contribution is -1.89. The van der Waals surface area contributed by atoms with Crippen LogP contribution in [-0.4, -0.2) is 20.8 Å². The predicted octanol–water partition coefficient (Wildman–Crippen LogP) is 0.756. The zero-order valence-electron chi connectivity index (χ0n) is 4.60. The molecular formula is C3H10Cl2O3P+. The summed E-state index contributed by atoms with van der Waals surface area (Å²) < 4.78 is 0. The standard InChI is InChI=1S/C3H8O3P.2ClH/c1-2-3-7(4,5)6;;/h2,4-6H,1,3H2;2*1H/q+1;;. The Hall–Kier alpha value is 0.630. The monoisotopic (exact) mass is 195 g/mol. The quantitative estimate of drug-likeness (QED) is 0.451. The minimum Gasteiger partial charge on any atom is -0.193 e. The molecule has 58 valence electrons. The third-order valence-corrected chi connectivity index (χ3v) is 1.12. The Morgan fingerprint density at radius 1 is 1.22 bits per heavy atom. The van der Waals surface area contributed by atoms with Crippen molar-refractivity contribution >= 4 is 32.8 Å². The van der Waals surface area contributed by atoms with E-state index in [9.17, 15) is 0 Å². The third-order valence-electron chi connectivity index (χ3n) is 0.374. The van der Waals surface area contributed by atoms with Crippen molar-refractivity contribution in [1.82, 2.24) is 0 Å². The first-order valence-electron chi connectivity index (χ1n) is 1.73. The second-order valence-corrected chi connectivity index (χ2v) is 2.91. The second kappa shape index (κ2) is 6.75. The molecule has 6 heteroatoms. The van der Waals surface area contributed by atoms with Crippen molar-refractivity contribution in [3.8, 4) is 0 Å². The molecular weight excluding hydrogens is 186 g/mol. The SMILES string of the molecule is C=CC[P+](O)(O)O.Cl.Cl. The molecule has 0 aromatic heterocycles. The third kappa shape index (κ3) is 17.7. The van der Waals surface area contributed by atoms with E-state index in [1.807, 2.05) is 0 Å². The lowest BCUT2D eigenvalue weighted by molar-refractivity contribution is 0.335. The van der Waals surface area contributed by atoms with E-state index in [4.69, 9.17) is 14.7 Å². The van der Waals surface area contributed by atoms with Gasteiger partial charge in [0.2, 0.25) is 0 Å². The van der Waals surface area contributed by atoms with Crippen molar-refractivity contribution in [2.75, 3.05) is 6.16 Å². The Morgan fingerprint density at radius 2 is 1.56 bits per heavy atom. The maximum atomic E-state index is 8.17. The largest absolute Gasteiger partial charge is 0.407 e. The second-order valence-electron chi connectivity index (χ2n) is 1.16. The van der Waals surface area contributed by atoms with Gasteiger partial charge in [0, 0.05) is 0 Å². The molecule has 0 saturated carbocycles. The molecule has 0 spiro atoms. The van der Waals surface area contributed by atoms with Gasteiger partial charge in [0.25, 0.3) is 0 Å². The summed E-state index contributed by atoms with van der Waals surface area (Å²) in [6, 6.07) is 0. The first-order valence-corrected chi connectivity index (χ1v) is 3.57. The van der Waals surface area contributed by atoms with E-state index >= 15 is 0 Å². The molecule has 3 nitrogen and oxygen atoms in total. The van der Waals surface area contributed by atoms with Gasteiger partial charge >= 0.3 is 7.94 Å². The van der Waals surface area contributed by atoms with Crippen molar-refractivity contribution in [2.24, 2.45) is 0 Å². The van der Waals surface area contributed by atoms with E-state index in [2.05, 4.69) is 6.58 Å². The van der Waals surface area contributed by atoms with Gasteiger partial charge in [-0.3, -0.25) is 0 Å². The molecule has 0 rings (SSSR count). The van der Waals surface area contributed by atoms with Crippen molar-refractivity contribution in [2.45, 2.75) is 0 Å². The van der Waals surface area contributed by atoms with E-state index in [1.165, 1.54) is 6.08 Å². The molecule has 0 heterocycles. The molecule has 0 amide bonds. The summed E-state index contributed by atoms with van der Waals surface area (Å²) in [6.45, 7) is 3.19. The van der Waals surface area contributed by atoms with Gasteiger partial charge in [-0.25, -0.2) is 0 Å². The fraction of sp³-hybridized carbons (Fsp3) is 0.333. The highest BCUT2D eigenvalue weighted by molar-refractivity contribution is 7.58. The van der Waals surface area contributed by atoms with Crippen LogP contribution >= 0.6 is 32.8 Å². The highest BCUT2D eigenvalue weighted by atomic mass is 35.5. The summed E-state index contributed by atoms with van der Waals surface area (Å²) in [5.74, 6) is 0. The van der Waals surface area contributed by atoms with Crippen molar-refractivity contribution in [3.63, 3.8) is 0 Å². The Labute approximate surface area is 66.8 Å². The summed E-state index contributed by atoms with van der Waals surface area (Å²) in [5, 5.41) is 0. The minimum absolute atomic E-state index is 0. The average molecular weight is 196 g/mol. The number of hydrogen-bond donors (Lipinski definition) is 3. The first kappa shape index (κ1) is 16.3. The van der Waals surface area contributed by atoms with Crippen LogP contribution in [0.25, 0.3) is 0 Å². The maximum absolute atomic E-state index is 8.17. The molecule has 0 aromatic rings. The Bertz CT molecular complexity index is 71.9. The van der Waals surface area contributed by atoms with E-state index in [1.54, 1.807) is 0 Å². The maximum Gasteiger partial charge on any atom is 0.407 e. The molecule has 0 aliphatic rings. The van der Waals surface area contributed by atoms with Crippen LogP contribution < -0.4 is 0 Å². The Balaban J connectivity index is -0.000000180. The molecule has 0 radical (unpaired) electrons.